The Morgan fingerprint density at radius 3 is 1.26 bits per heavy atom. The summed E-state index contributed by atoms with van der Waals surface area (Å²) >= 11 is 0. The lowest BCUT2D eigenvalue weighted by Gasteiger charge is -2.18. The molecule has 0 spiro atoms. The first-order valence-electron chi connectivity index (χ1n) is 25.2. The molecule has 1 atom stereocenters. The summed E-state index contributed by atoms with van der Waals surface area (Å²) in [4.78, 5) is 25.1. The Labute approximate surface area is 361 Å². The van der Waals surface area contributed by atoms with Crippen molar-refractivity contribution in [1.29, 1.82) is 0 Å². The molecule has 5 heteroatoms. The predicted octanol–water partition coefficient (Wildman–Crippen LogP) is 16.8. The number of ether oxygens (including phenoxy) is 3. The highest BCUT2D eigenvalue weighted by molar-refractivity contribution is 5.70. The first-order valence-corrected chi connectivity index (χ1v) is 25.2. The lowest BCUT2D eigenvalue weighted by molar-refractivity contribution is -0.163. The standard InChI is InChI=1S/C53H96O5/c1-4-7-10-13-15-17-19-21-23-25-26-27-29-31-33-35-37-39-42-45-48-56-49-51(58-53(55)47-44-40-12-9-6-3)50-57-52(54)46-43-41-38-36-34-32-30-28-24-22-20-18-16-14-11-8-5-2/h8,11,16,18,21-24,51H,4-7,9-10,12-15,17,19-20,25-50H2,1-3H3/b11-8-,18-16-,23-21-,24-22-. The van der Waals surface area contributed by atoms with Gasteiger partial charge in [0.25, 0.3) is 0 Å². The second kappa shape index (κ2) is 49.2. The number of carbonyl (C=O) groups excluding carboxylic acids is 2. The first kappa shape index (κ1) is 55.9. The summed E-state index contributed by atoms with van der Waals surface area (Å²) in [6, 6.07) is 0. The molecule has 338 valence electrons. The van der Waals surface area contributed by atoms with Crippen molar-refractivity contribution in [2.24, 2.45) is 0 Å². The number of esters is 2. The molecular formula is C53H96O5. The molecule has 0 amide bonds. The molecule has 5 nitrogen and oxygen atoms in total. The van der Waals surface area contributed by atoms with Crippen molar-refractivity contribution in [3.63, 3.8) is 0 Å². The number of carbonyl (C=O) groups is 2. The van der Waals surface area contributed by atoms with Gasteiger partial charge in [0.15, 0.2) is 6.10 Å². The highest BCUT2D eigenvalue weighted by atomic mass is 16.6. The van der Waals surface area contributed by atoms with E-state index in [1.165, 1.54) is 141 Å². The van der Waals surface area contributed by atoms with E-state index in [0.717, 1.165) is 77.0 Å². The summed E-state index contributed by atoms with van der Waals surface area (Å²) in [5.41, 5.74) is 0. The number of hydrogen-bond acceptors (Lipinski definition) is 5. The highest BCUT2D eigenvalue weighted by Gasteiger charge is 2.17. The number of hydrogen-bond donors (Lipinski definition) is 0. The van der Waals surface area contributed by atoms with E-state index >= 15 is 0 Å². The SMILES string of the molecule is CC/C=C\C/C=C\C/C=C\CCCCCCCCCC(=O)OCC(COCCCCCCCCCCCC/C=C\CCCCCCCC)OC(=O)CCCCCCC. The molecule has 0 rings (SSSR count). The molecule has 58 heavy (non-hydrogen) atoms. The van der Waals surface area contributed by atoms with Gasteiger partial charge in [0, 0.05) is 19.4 Å². The second-order valence-electron chi connectivity index (χ2n) is 16.7. The van der Waals surface area contributed by atoms with Gasteiger partial charge < -0.3 is 14.2 Å². The Bertz CT molecular complexity index is 966. The molecule has 0 aromatic carbocycles. The second-order valence-corrected chi connectivity index (χ2v) is 16.7. The van der Waals surface area contributed by atoms with Crippen LogP contribution in [-0.2, 0) is 23.8 Å². The normalized spacial score (nSPS) is 12.5. The van der Waals surface area contributed by atoms with E-state index in [4.69, 9.17) is 14.2 Å². The molecule has 0 aromatic rings. The van der Waals surface area contributed by atoms with Gasteiger partial charge in [0.2, 0.25) is 0 Å². The Balaban J connectivity index is 4.00. The summed E-state index contributed by atoms with van der Waals surface area (Å²) in [5.74, 6) is -0.415. The van der Waals surface area contributed by atoms with Gasteiger partial charge in [-0.3, -0.25) is 9.59 Å². The van der Waals surface area contributed by atoms with Crippen LogP contribution >= 0.6 is 0 Å². The van der Waals surface area contributed by atoms with E-state index in [2.05, 4.69) is 69.4 Å². The molecule has 0 radical (unpaired) electrons. The maximum atomic E-state index is 12.6. The average molecular weight is 813 g/mol. The minimum absolute atomic E-state index is 0.0808. The van der Waals surface area contributed by atoms with Gasteiger partial charge in [0.1, 0.15) is 6.61 Å². The van der Waals surface area contributed by atoms with Crippen molar-refractivity contribution in [2.75, 3.05) is 19.8 Å². The molecular weight excluding hydrogens is 717 g/mol. The maximum absolute atomic E-state index is 12.6. The molecule has 0 bridgehead atoms. The first-order chi connectivity index (χ1) is 28.6. The Morgan fingerprint density at radius 2 is 0.776 bits per heavy atom. The van der Waals surface area contributed by atoms with Gasteiger partial charge in [-0.1, -0.05) is 211 Å². The number of rotatable bonds is 46. The fourth-order valence-corrected chi connectivity index (χ4v) is 7.11. The summed E-state index contributed by atoms with van der Waals surface area (Å²) in [6.45, 7) is 7.65. The summed E-state index contributed by atoms with van der Waals surface area (Å²) in [5, 5.41) is 0. The lowest BCUT2D eigenvalue weighted by atomic mass is 10.1. The summed E-state index contributed by atoms with van der Waals surface area (Å²) in [7, 11) is 0. The third kappa shape index (κ3) is 46.5. The fraction of sp³-hybridized carbons (Fsp3) is 0.811. The predicted molar refractivity (Wildman–Crippen MR) is 251 cm³/mol. The van der Waals surface area contributed by atoms with Crippen molar-refractivity contribution in [3.8, 4) is 0 Å². The van der Waals surface area contributed by atoms with Crippen LogP contribution in [0.15, 0.2) is 48.6 Å². The molecule has 0 aromatic heterocycles. The van der Waals surface area contributed by atoms with E-state index in [1.807, 2.05) is 0 Å². The quantitative estimate of drug-likeness (QED) is 0.0348. The Kier molecular flexibility index (Phi) is 47.4. The zero-order valence-corrected chi connectivity index (χ0v) is 38.8. The topological polar surface area (TPSA) is 61.8 Å². The van der Waals surface area contributed by atoms with Crippen LogP contribution in [0.4, 0.5) is 0 Å². The van der Waals surface area contributed by atoms with Crippen LogP contribution in [0.5, 0.6) is 0 Å². The maximum Gasteiger partial charge on any atom is 0.306 e. The smallest absolute Gasteiger partial charge is 0.306 e. The minimum atomic E-state index is -0.535. The van der Waals surface area contributed by atoms with E-state index in [9.17, 15) is 9.59 Å². The van der Waals surface area contributed by atoms with Crippen molar-refractivity contribution in [1.82, 2.24) is 0 Å². The average Bonchev–Trinajstić information content (AvgIpc) is 3.22. The Morgan fingerprint density at radius 1 is 0.397 bits per heavy atom. The van der Waals surface area contributed by atoms with Gasteiger partial charge >= 0.3 is 11.9 Å². The summed E-state index contributed by atoms with van der Waals surface area (Å²) in [6.07, 6.45) is 60.1. The van der Waals surface area contributed by atoms with Gasteiger partial charge in [0.05, 0.1) is 6.61 Å². The van der Waals surface area contributed by atoms with Crippen LogP contribution in [0.2, 0.25) is 0 Å². The molecule has 0 saturated heterocycles. The van der Waals surface area contributed by atoms with E-state index in [1.54, 1.807) is 0 Å². The van der Waals surface area contributed by atoms with Crippen LogP contribution in [-0.4, -0.2) is 37.9 Å². The van der Waals surface area contributed by atoms with Crippen molar-refractivity contribution in [3.05, 3.63) is 48.6 Å². The monoisotopic (exact) mass is 813 g/mol. The molecule has 0 N–H and O–H groups in total. The van der Waals surface area contributed by atoms with Gasteiger partial charge in [-0.15, -0.1) is 0 Å². The molecule has 0 saturated carbocycles. The van der Waals surface area contributed by atoms with Crippen molar-refractivity contribution < 1.29 is 23.8 Å². The van der Waals surface area contributed by atoms with Crippen molar-refractivity contribution in [2.45, 2.75) is 258 Å². The fourth-order valence-electron chi connectivity index (χ4n) is 7.11. The van der Waals surface area contributed by atoms with E-state index < -0.39 is 6.10 Å². The van der Waals surface area contributed by atoms with Crippen LogP contribution in [0.25, 0.3) is 0 Å². The third-order valence-corrected chi connectivity index (χ3v) is 10.8. The number of allylic oxidation sites excluding steroid dienone is 8. The van der Waals surface area contributed by atoms with Crippen LogP contribution in [0, 0.1) is 0 Å². The van der Waals surface area contributed by atoms with E-state index in [-0.39, 0.29) is 25.2 Å². The zero-order chi connectivity index (χ0) is 42.1. The van der Waals surface area contributed by atoms with Gasteiger partial charge in [-0.25, -0.2) is 0 Å². The number of unbranched alkanes of at least 4 members (excludes halogenated alkanes) is 27. The highest BCUT2D eigenvalue weighted by Crippen LogP contribution is 2.14. The molecule has 0 fully saturated rings. The minimum Gasteiger partial charge on any atom is -0.462 e. The van der Waals surface area contributed by atoms with Crippen LogP contribution in [0.1, 0.15) is 252 Å². The van der Waals surface area contributed by atoms with Gasteiger partial charge in [-0.2, -0.15) is 0 Å². The molecule has 1 unspecified atom stereocenters. The van der Waals surface area contributed by atoms with Crippen molar-refractivity contribution >= 4 is 11.9 Å². The molecule has 0 aliphatic rings. The lowest BCUT2D eigenvalue weighted by Crippen LogP contribution is -2.30. The molecule has 0 aliphatic heterocycles. The van der Waals surface area contributed by atoms with Crippen LogP contribution in [0.3, 0.4) is 0 Å². The van der Waals surface area contributed by atoms with Gasteiger partial charge in [-0.05, 0) is 77.0 Å². The Hall–Kier alpha value is -2.14. The van der Waals surface area contributed by atoms with Crippen LogP contribution < -0.4 is 0 Å². The molecule has 0 heterocycles. The summed E-state index contributed by atoms with van der Waals surface area (Å²) < 4.78 is 17.3. The largest absolute Gasteiger partial charge is 0.462 e. The van der Waals surface area contributed by atoms with E-state index in [0.29, 0.717) is 19.4 Å². The third-order valence-electron chi connectivity index (χ3n) is 10.8. The zero-order valence-electron chi connectivity index (χ0n) is 38.8. The molecule has 0 aliphatic carbocycles.